The van der Waals surface area contributed by atoms with Gasteiger partial charge < -0.3 is 9.84 Å². The van der Waals surface area contributed by atoms with E-state index in [4.69, 9.17) is 5.26 Å². The highest BCUT2D eigenvalue weighted by atomic mass is 19.1. The zero-order chi connectivity index (χ0) is 14.3. The van der Waals surface area contributed by atoms with Gasteiger partial charge in [-0.2, -0.15) is 5.26 Å². The fourth-order valence-corrected chi connectivity index (χ4v) is 1.62. The first-order valence-corrected chi connectivity index (χ1v) is 5.67. The van der Waals surface area contributed by atoms with Gasteiger partial charge in [-0.1, -0.05) is 18.2 Å². The molecule has 5 nitrogen and oxygen atoms in total. The number of aliphatic hydroxyl groups excluding tert-OH is 1. The first-order valence-electron chi connectivity index (χ1n) is 5.67. The Labute approximate surface area is 110 Å². The van der Waals surface area contributed by atoms with Gasteiger partial charge in [-0.3, -0.25) is 9.69 Å². The van der Waals surface area contributed by atoms with E-state index in [1.165, 1.54) is 30.2 Å². The molecule has 0 spiro atoms. The second-order valence-corrected chi connectivity index (χ2v) is 3.94. The summed E-state index contributed by atoms with van der Waals surface area (Å²) < 4.78 is 18.0. The molecule has 0 saturated carbocycles. The zero-order valence-electron chi connectivity index (χ0n) is 10.5. The van der Waals surface area contributed by atoms with Crippen LogP contribution in [0.3, 0.4) is 0 Å². The minimum Gasteiger partial charge on any atom is -0.468 e. The third-order valence-electron chi connectivity index (χ3n) is 2.57. The molecule has 19 heavy (non-hydrogen) atoms. The van der Waals surface area contributed by atoms with E-state index in [0.29, 0.717) is 0 Å². The van der Waals surface area contributed by atoms with E-state index in [-0.39, 0.29) is 25.2 Å². The van der Waals surface area contributed by atoms with Crippen molar-refractivity contribution in [2.24, 2.45) is 0 Å². The molecule has 0 heterocycles. The molecular weight excluding hydrogens is 251 g/mol. The molecule has 0 aliphatic carbocycles. The van der Waals surface area contributed by atoms with Crippen molar-refractivity contribution in [2.45, 2.75) is 6.10 Å². The fourth-order valence-electron chi connectivity index (χ4n) is 1.62. The number of nitrogens with zero attached hydrogens (tertiary/aromatic N) is 2. The Morgan fingerprint density at radius 2 is 2.26 bits per heavy atom. The number of rotatable bonds is 6. The number of carbonyl (C=O) groups excluding carboxylic acids is 1. The molecule has 1 atom stereocenters. The van der Waals surface area contributed by atoms with Gasteiger partial charge in [0, 0.05) is 12.1 Å². The molecule has 0 aliphatic rings. The van der Waals surface area contributed by atoms with Crippen LogP contribution in [0.2, 0.25) is 0 Å². The van der Waals surface area contributed by atoms with Crippen molar-refractivity contribution in [3.05, 3.63) is 35.6 Å². The number of hydrogen-bond donors (Lipinski definition) is 1. The number of benzene rings is 1. The number of esters is 1. The molecule has 0 aliphatic heterocycles. The quantitative estimate of drug-likeness (QED) is 0.610. The number of ether oxygens (including phenoxy) is 1. The standard InChI is InChI=1S/C13H15FN2O3/c1-19-13(18)9-16(7-6-15)8-12(17)10-4-2-3-5-11(10)14/h2-5,12,17H,7-9H2,1H3. The molecular formula is C13H15FN2O3. The Morgan fingerprint density at radius 3 is 2.84 bits per heavy atom. The summed E-state index contributed by atoms with van der Waals surface area (Å²) in [6, 6.07) is 7.72. The van der Waals surface area contributed by atoms with E-state index >= 15 is 0 Å². The number of hydrogen-bond acceptors (Lipinski definition) is 5. The van der Waals surface area contributed by atoms with E-state index in [2.05, 4.69) is 4.74 Å². The maximum atomic E-state index is 13.5. The lowest BCUT2D eigenvalue weighted by Gasteiger charge is -2.21. The first-order chi connectivity index (χ1) is 9.08. The van der Waals surface area contributed by atoms with E-state index in [1.807, 2.05) is 6.07 Å². The van der Waals surface area contributed by atoms with Crippen molar-refractivity contribution in [1.82, 2.24) is 4.90 Å². The number of nitriles is 1. The highest BCUT2D eigenvalue weighted by molar-refractivity contribution is 5.71. The van der Waals surface area contributed by atoms with Crippen molar-refractivity contribution >= 4 is 5.97 Å². The van der Waals surface area contributed by atoms with Gasteiger partial charge in [0.2, 0.25) is 0 Å². The average molecular weight is 266 g/mol. The van der Waals surface area contributed by atoms with Crippen LogP contribution < -0.4 is 0 Å². The maximum Gasteiger partial charge on any atom is 0.319 e. The highest BCUT2D eigenvalue weighted by Crippen LogP contribution is 2.17. The SMILES string of the molecule is COC(=O)CN(CC#N)CC(O)c1ccccc1F. The smallest absolute Gasteiger partial charge is 0.319 e. The summed E-state index contributed by atoms with van der Waals surface area (Å²) >= 11 is 0. The molecule has 0 radical (unpaired) electrons. The molecule has 0 fully saturated rings. The first kappa shape index (κ1) is 15.1. The summed E-state index contributed by atoms with van der Waals surface area (Å²) in [5, 5.41) is 18.6. The van der Waals surface area contributed by atoms with Gasteiger partial charge in [-0.05, 0) is 6.07 Å². The van der Waals surface area contributed by atoms with Crippen LogP contribution in [0.5, 0.6) is 0 Å². The van der Waals surface area contributed by atoms with E-state index < -0.39 is 17.9 Å². The summed E-state index contributed by atoms with van der Waals surface area (Å²) in [4.78, 5) is 12.5. The Balaban J connectivity index is 2.71. The van der Waals surface area contributed by atoms with Crippen molar-refractivity contribution in [2.75, 3.05) is 26.7 Å². The second kappa shape index (κ2) is 7.46. The number of methoxy groups -OCH3 is 1. The molecule has 0 saturated heterocycles. The predicted octanol–water partition coefficient (Wildman–Crippen LogP) is 0.858. The monoisotopic (exact) mass is 266 g/mol. The van der Waals surface area contributed by atoms with Gasteiger partial charge in [-0.15, -0.1) is 0 Å². The van der Waals surface area contributed by atoms with Gasteiger partial charge in [-0.25, -0.2) is 4.39 Å². The zero-order valence-corrected chi connectivity index (χ0v) is 10.5. The summed E-state index contributed by atoms with van der Waals surface area (Å²) in [5.74, 6) is -1.04. The Bertz CT molecular complexity index is 473. The van der Waals surface area contributed by atoms with Gasteiger partial charge in [0.1, 0.15) is 5.82 Å². The summed E-state index contributed by atoms with van der Waals surface area (Å²) in [6.07, 6.45) is -1.11. The van der Waals surface area contributed by atoms with Gasteiger partial charge >= 0.3 is 5.97 Å². The molecule has 1 N–H and O–H groups in total. The van der Waals surface area contributed by atoms with Gasteiger partial charge in [0.15, 0.2) is 0 Å². The minimum absolute atomic E-state index is 0.0242. The van der Waals surface area contributed by atoms with Gasteiger partial charge in [0.05, 0.1) is 32.4 Å². The van der Waals surface area contributed by atoms with Crippen molar-refractivity contribution in [3.8, 4) is 6.07 Å². The molecule has 1 aromatic carbocycles. The maximum absolute atomic E-state index is 13.5. The van der Waals surface area contributed by atoms with E-state index in [1.54, 1.807) is 6.07 Å². The topological polar surface area (TPSA) is 73.6 Å². The Hall–Kier alpha value is -1.97. The Kier molecular flexibility index (Phi) is 5.93. The molecule has 102 valence electrons. The van der Waals surface area contributed by atoms with Crippen LogP contribution in [-0.2, 0) is 9.53 Å². The average Bonchev–Trinajstić information content (AvgIpc) is 2.39. The third kappa shape index (κ3) is 4.66. The molecule has 0 bridgehead atoms. The third-order valence-corrected chi connectivity index (χ3v) is 2.57. The molecule has 1 aromatic rings. The Morgan fingerprint density at radius 1 is 1.58 bits per heavy atom. The lowest BCUT2D eigenvalue weighted by Crippen LogP contribution is -2.34. The lowest BCUT2D eigenvalue weighted by atomic mass is 10.1. The summed E-state index contributed by atoms with van der Waals surface area (Å²) in [5.41, 5.74) is 0.135. The van der Waals surface area contributed by atoms with Crippen LogP contribution in [0, 0.1) is 17.1 Å². The van der Waals surface area contributed by atoms with Crippen LogP contribution in [0.25, 0.3) is 0 Å². The number of carbonyl (C=O) groups is 1. The van der Waals surface area contributed by atoms with E-state index in [9.17, 15) is 14.3 Å². The summed E-state index contributed by atoms with van der Waals surface area (Å²) in [6.45, 7) is -0.209. The normalized spacial score (nSPS) is 11.9. The highest BCUT2D eigenvalue weighted by Gasteiger charge is 2.18. The second-order valence-electron chi connectivity index (χ2n) is 3.94. The van der Waals surface area contributed by atoms with Crippen LogP contribution in [-0.4, -0.2) is 42.7 Å². The van der Waals surface area contributed by atoms with Gasteiger partial charge in [0.25, 0.3) is 0 Å². The van der Waals surface area contributed by atoms with Crippen LogP contribution >= 0.6 is 0 Å². The molecule has 0 amide bonds. The van der Waals surface area contributed by atoms with Crippen LogP contribution in [0.15, 0.2) is 24.3 Å². The number of aliphatic hydroxyl groups is 1. The fraction of sp³-hybridized carbons (Fsp3) is 0.385. The predicted molar refractivity (Wildman–Crippen MR) is 65.4 cm³/mol. The minimum atomic E-state index is -1.11. The number of halogens is 1. The van der Waals surface area contributed by atoms with Crippen LogP contribution in [0.4, 0.5) is 4.39 Å². The summed E-state index contributed by atoms with van der Waals surface area (Å²) in [7, 11) is 1.24. The van der Waals surface area contributed by atoms with Crippen molar-refractivity contribution in [1.29, 1.82) is 5.26 Å². The molecule has 1 rings (SSSR count). The largest absolute Gasteiger partial charge is 0.468 e. The lowest BCUT2D eigenvalue weighted by molar-refractivity contribution is -0.142. The van der Waals surface area contributed by atoms with E-state index in [0.717, 1.165) is 0 Å². The molecule has 6 heteroatoms. The van der Waals surface area contributed by atoms with Crippen molar-refractivity contribution in [3.63, 3.8) is 0 Å². The molecule has 1 unspecified atom stereocenters. The van der Waals surface area contributed by atoms with Crippen molar-refractivity contribution < 1.29 is 19.0 Å². The van der Waals surface area contributed by atoms with Crippen LogP contribution in [0.1, 0.15) is 11.7 Å². The molecule has 0 aromatic heterocycles.